The number of hydrogen-bond acceptors (Lipinski definition) is 4. The van der Waals surface area contributed by atoms with Crippen molar-refractivity contribution < 1.29 is 18.0 Å². The zero-order valence-corrected chi connectivity index (χ0v) is 16.1. The number of carbonyl (C=O) groups is 1. The maximum absolute atomic E-state index is 13.5. The third-order valence-electron chi connectivity index (χ3n) is 5.47. The van der Waals surface area contributed by atoms with Gasteiger partial charge in [-0.15, -0.1) is 0 Å². The fourth-order valence-corrected chi connectivity index (χ4v) is 4.15. The van der Waals surface area contributed by atoms with Crippen LogP contribution in [0.4, 0.5) is 19.0 Å². The summed E-state index contributed by atoms with van der Waals surface area (Å²) in [6.45, 7) is 3.99. The molecule has 0 bridgehead atoms. The number of hydrogen-bond donors (Lipinski definition) is 1. The zero-order chi connectivity index (χ0) is 19.8. The van der Waals surface area contributed by atoms with E-state index in [0.717, 1.165) is 24.1 Å². The molecule has 1 amide bonds. The van der Waals surface area contributed by atoms with Crippen LogP contribution in [0.5, 0.6) is 0 Å². The van der Waals surface area contributed by atoms with Gasteiger partial charge < -0.3 is 15.1 Å². The molecule has 3 heterocycles. The van der Waals surface area contributed by atoms with E-state index in [0.29, 0.717) is 25.4 Å². The molecule has 0 spiro atoms. The highest BCUT2D eigenvalue weighted by Gasteiger charge is 2.47. The van der Waals surface area contributed by atoms with E-state index >= 15 is 0 Å². The molecule has 0 radical (unpaired) electrons. The number of fused-ring (bicyclic) bond motifs is 1. The van der Waals surface area contributed by atoms with Crippen LogP contribution in [0.25, 0.3) is 0 Å². The van der Waals surface area contributed by atoms with Crippen LogP contribution in [0, 0.1) is 5.92 Å². The van der Waals surface area contributed by atoms with Crippen LogP contribution in [0.2, 0.25) is 0 Å². The van der Waals surface area contributed by atoms with Crippen LogP contribution < -0.4 is 5.32 Å². The number of carbonyl (C=O) groups excluding carboxylic acids is 1. The predicted molar refractivity (Wildman–Crippen MR) is 96.8 cm³/mol. The SMILES string of the molecule is CC[C@H]1C[C@@H](C(F)(F)F)n2ncc(C(=O)N3CCC[C@H](CN(C)C)C3)c2N1. The first-order valence-corrected chi connectivity index (χ1v) is 9.55. The molecule has 3 atom stereocenters. The summed E-state index contributed by atoms with van der Waals surface area (Å²) < 4.78 is 41.4. The molecule has 0 aromatic carbocycles. The number of anilines is 1. The first-order chi connectivity index (χ1) is 12.7. The van der Waals surface area contributed by atoms with Crippen LogP contribution in [0.15, 0.2) is 6.20 Å². The normalized spacial score (nSPS) is 26.0. The number of alkyl halides is 3. The van der Waals surface area contributed by atoms with E-state index in [2.05, 4.69) is 15.3 Å². The molecule has 3 rings (SSSR count). The molecule has 1 N–H and O–H groups in total. The molecule has 0 unspecified atom stereocenters. The van der Waals surface area contributed by atoms with Crippen molar-refractivity contribution in [1.82, 2.24) is 19.6 Å². The second-order valence-electron chi connectivity index (χ2n) is 7.92. The Hall–Kier alpha value is -1.77. The number of nitrogens with zero attached hydrogens (tertiary/aromatic N) is 4. The van der Waals surface area contributed by atoms with Crippen LogP contribution in [0.1, 0.15) is 49.0 Å². The summed E-state index contributed by atoms with van der Waals surface area (Å²) in [5.74, 6) is 0.350. The van der Waals surface area contributed by atoms with Crippen molar-refractivity contribution in [2.45, 2.75) is 50.9 Å². The van der Waals surface area contributed by atoms with Crippen LogP contribution in [-0.2, 0) is 0 Å². The van der Waals surface area contributed by atoms with E-state index in [1.54, 1.807) is 4.90 Å². The molecule has 2 aliphatic rings. The molecule has 2 aliphatic heterocycles. The van der Waals surface area contributed by atoms with Gasteiger partial charge in [-0.1, -0.05) is 6.92 Å². The van der Waals surface area contributed by atoms with Gasteiger partial charge in [-0.2, -0.15) is 18.3 Å². The number of piperidine rings is 1. The van der Waals surface area contributed by atoms with Crippen molar-refractivity contribution in [3.05, 3.63) is 11.8 Å². The lowest BCUT2D eigenvalue weighted by molar-refractivity contribution is -0.173. The monoisotopic (exact) mass is 387 g/mol. The third-order valence-corrected chi connectivity index (χ3v) is 5.47. The minimum absolute atomic E-state index is 0.0725. The standard InChI is InChI=1S/C18H28F3N5O/c1-4-13-8-15(18(19,20)21)26-16(23-13)14(9-22-26)17(27)25-7-5-6-12(11-25)10-24(2)3/h9,12-13,15,23H,4-8,10-11H2,1-3H3/t12-,13+,15+/m1/s1. The molecular weight excluding hydrogens is 359 g/mol. The van der Waals surface area contributed by atoms with Crippen molar-refractivity contribution in [3.63, 3.8) is 0 Å². The van der Waals surface area contributed by atoms with E-state index in [1.165, 1.54) is 6.20 Å². The highest BCUT2D eigenvalue weighted by atomic mass is 19.4. The van der Waals surface area contributed by atoms with E-state index in [9.17, 15) is 18.0 Å². The summed E-state index contributed by atoms with van der Waals surface area (Å²) in [5.41, 5.74) is 0.243. The van der Waals surface area contributed by atoms with Gasteiger partial charge >= 0.3 is 6.18 Å². The fraction of sp³-hybridized carbons (Fsp3) is 0.778. The third kappa shape index (κ3) is 4.23. The Bertz CT molecular complexity index is 672. The molecular formula is C18H28F3N5O. The van der Waals surface area contributed by atoms with Gasteiger partial charge in [0.2, 0.25) is 0 Å². The van der Waals surface area contributed by atoms with Crippen LogP contribution >= 0.6 is 0 Å². The largest absolute Gasteiger partial charge is 0.410 e. The van der Waals surface area contributed by atoms with Crippen molar-refractivity contribution in [2.24, 2.45) is 5.92 Å². The van der Waals surface area contributed by atoms with E-state index in [-0.39, 0.29) is 29.8 Å². The van der Waals surface area contributed by atoms with E-state index in [1.807, 2.05) is 21.0 Å². The Morgan fingerprint density at radius 3 is 2.78 bits per heavy atom. The van der Waals surface area contributed by atoms with Gasteiger partial charge in [0.05, 0.1) is 6.20 Å². The zero-order valence-electron chi connectivity index (χ0n) is 16.1. The second kappa shape index (κ2) is 7.69. The number of nitrogens with one attached hydrogen (secondary N) is 1. The molecule has 1 saturated heterocycles. The summed E-state index contributed by atoms with van der Waals surface area (Å²) in [4.78, 5) is 16.9. The van der Waals surface area contributed by atoms with Crippen molar-refractivity contribution >= 4 is 11.7 Å². The number of likely N-dealkylation sites (tertiary alicyclic amines) is 1. The number of rotatable bonds is 4. The van der Waals surface area contributed by atoms with Crippen molar-refractivity contribution in [2.75, 3.05) is 39.0 Å². The summed E-state index contributed by atoms with van der Waals surface area (Å²) >= 11 is 0. The quantitative estimate of drug-likeness (QED) is 0.863. The molecule has 9 heteroatoms. The Kier molecular flexibility index (Phi) is 5.69. The first kappa shape index (κ1) is 20.0. The average Bonchev–Trinajstić information content (AvgIpc) is 3.02. The number of aromatic nitrogens is 2. The summed E-state index contributed by atoms with van der Waals surface area (Å²) in [6, 6.07) is -2.02. The van der Waals surface area contributed by atoms with Gasteiger partial charge in [0.25, 0.3) is 5.91 Å². The maximum atomic E-state index is 13.5. The fourth-order valence-electron chi connectivity index (χ4n) is 4.15. The minimum Gasteiger partial charge on any atom is -0.367 e. The lowest BCUT2D eigenvalue weighted by Crippen LogP contribution is -2.43. The van der Waals surface area contributed by atoms with Gasteiger partial charge in [0.1, 0.15) is 11.4 Å². The summed E-state index contributed by atoms with van der Waals surface area (Å²) in [7, 11) is 4.00. The topological polar surface area (TPSA) is 53.4 Å². The lowest BCUT2D eigenvalue weighted by atomic mass is 9.97. The Balaban J connectivity index is 1.84. The molecule has 0 aliphatic carbocycles. The van der Waals surface area contributed by atoms with E-state index in [4.69, 9.17) is 0 Å². The second-order valence-corrected chi connectivity index (χ2v) is 7.92. The Labute approximate surface area is 157 Å². The molecule has 0 saturated carbocycles. The lowest BCUT2D eigenvalue weighted by Gasteiger charge is -2.35. The van der Waals surface area contributed by atoms with Crippen LogP contribution in [0.3, 0.4) is 0 Å². The predicted octanol–water partition coefficient (Wildman–Crippen LogP) is 2.99. The maximum Gasteiger partial charge on any atom is 0.410 e. The van der Waals surface area contributed by atoms with E-state index < -0.39 is 12.2 Å². The average molecular weight is 387 g/mol. The van der Waals surface area contributed by atoms with Crippen molar-refractivity contribution in [1.29, 1.82) is 0 Å². The molecule has 152 valence electrons. The Morgan fingerprint density at radius 2 is 2.15 bits per heavy atom. The molecule has 1 fully saturated rings. The van der Waals surface area contributed by atoms with Gasteiger partial charge in [-0.25, -0.2) is 4.68 Å². The van der Waals surface area contributed by atoms with Gasteiger partial charge in [0.15, 0.2) is 6.04 Å². The Morgan fingerprint density at radius 1 is 1.41 bits per heavy atom. The first-order valence-electron chi connectivity index (χ1n) is 9.55. The molecule has 1 aromatic heterocycles. The van der Waals surface area contributed by atoms with Gasteiger partial charge in [-0.3, -0.25) is 4.79 Å². The minimum atomic E-state index is -4.39. The molecule has 1 aromatic rings. The summed E-state index contributed by atoms with van der Waals surface area (Å²) in [5, 5.41) is 7.04. The summed E-state index contributed by atoms with van der Waals surface area (Å²) in [6.07, 6.45) is -0.656. The number of amides is 1. The van der Waals surface area contributed by atoms with Gasteiger partial charge in [0, 0.05) is 25.7 Å². The highest BCUT2D eigenvalue weighted by Crippen LogP contribution is 2.41. The molecule has 6 nitrogen and oxygen atoms in total. The molecule has 27 heavy (non-hydrogen) atoms. The highest BCUT2D eigenvalue weighted by molar-refractivity contribution is 5.99. The van der Waals surface area contributed by atoms with Crippen molar-refractivity contribution in [3.8, 4) is 0 Å². The number of halogens is 3. The van der Waals surface area contributed by atoms with Crippen LogP contribution in [-0.4, -0.2) is 71.4 Å². The van der Waals surface area contributed by atoms with Gasteiger partial charge in [-0.05, 0) is 45.7 Å². The smallest absolute Gasteiger partial charge is 0.367 e.